The molecule has 1 atom stereocenters. The van der Waals surface area contributed by atoms with Crippen LogP contribution in [-0.2, 0) is 6.18 Å². The summed E-state index contributed by atoms with van der Waals surface area (Å²) in [7, 11) is 0. The molecule has 2 aromatic carbocycles. The van der Waals surface area contributed by atoms with E-state index in [0.717, 1.165) is 11.5 Å². The first-order valence-corrected chi connectivity index (χ1v) is 9.49. The molecule has 2 aromatic heterocycles. The Morgan fingerprint density at radius 1 is 0.933 bits per heavy atom. The number of rotatable bonds is 5. The van der Waals surface area contributed by atoms with Gasteiger partial charge in [-0.2, -0.15) is 13.2 Å². The van der Waals surface area contributed by atoms with Crippen LogP contribution in [0.3, 0.4) is 0 Å². The molecule has 4 rings (SSSR count). The Balaban J connectivity index is 1.64. The number of alkyl halides is 3. The van der Waals surface area contributed by atoms with Crippen molar-refractivity contribution in [2.45, 2.75) is 19.0 Å². The quantitative estimate of drug-likeness (QED) is 0.445. The van der Waals surface area contributed by atoms with Crippen LogP contribution in [0.4, 0.5) is 19.0 Å². The largest absolute Gasteiger partial charge is 0.418 e. The summed E-state index contributed by atoms with van der Waals surface area (Å²) in [5.41, 5.74) is 1.24. The molecule has 0 amide bonds. The van der Waals surface area contributed by atoms with Crippen LogP contribution in [0, 0.1) is 0 Å². The molecule has 2 heterocycles. The molecule has 4 nitrogen and oxygen atoms in total. The smallest absolute Gasteiger partial charge is 0.369 e. The molecule has 0 saturated carbocycles. The highest BCUT2D eigenvalue weighted by Gasteiger charge is 2.34. The van der Waals surface area contributed by atoms with Gasteiger partial charge in [-0.3, -0.25) is 4.98 Å². The third kappa shape index (κ3) is 4.10. The van der Waals surface area contributed by atoms with Crippen molar-refractivity contribution in [2.75, 3.05) is 11.9 Å². The second-order valence-corrected chi connectivity index (χ2v) is 7.04. The minimum atomic E-state index is -4.48. The highest BCUT2D eigenvalue weighted by Crippen LogP contribution is 2.36. The lowest BCUT2D eigenvalue weighted by Crippen LogP contribution is -2.11. The fourth-order valence-corrected chi connectivity index (χ4v) is 3.36. The molecule has 4 aromatic rings. The normalized spacial score (nSPS) is 12.7. The van der Waals surface area contributed by atoms with Gasteiger partial charge in [0.05, 0.1) is 16.8 Å². The average molecular weight is 408 g/mol. The van der Waals surface area contributed by atoms with E-state index in [1.807, 2.05) is 18.2 Å². The highest BCUT2D eigenvalue weighted by atomic mass is 19.4. The molecule has 0 unspecified atom stereocenters. The lowest BCUT2D eigenvalue weighted by Gasteiger charge is -2.15. The van der Waals surface area contributed by atoms with Crippen LogP contribution >= 0.6 is 0 Å². The molecule has 0 bridgehead atoms. The maximum absolute atomic E-state index is 13.4. The number of nitrogens with zero attached hydrogens (tertiary/aromatic N) is 3. The summed E-state index contributed by atoms with van der Waals surface area (Å²) in [4.78, 5) is 12.5. The monoisotopic (exact) mass is 408 g/mol. The van der Waals surface area contributed by atoms with Crippen LogP contribution < -0.4 is 5.32 Å². The van der Waals surface area contributed by atoms with Gasteiger partial charge in [-0.05, 0) is 35.7 Å². The summed E-state index contributed by atoms with van der Waals surface area (Å²) in [6, 6.07) is 17.4. The number of anilines is 1. The van der Waals surface area contributed by atoms with Gasteiger partial charge < -0.3 is 5.32 Å². The SMILES string of the molecule is C[C@@H](CNc1ncnc2cc(-c3ncccc3C(F)(F)F)ccc12)c1ccccc1. The predicted molar refractivity (Wildman–Crippen MR) is 111 cm³/mol. The number of benzene rings is 2. The first-order chi connectivity index (χ1) is 14.4. The van der Waals surface area contributed by atoms with Crippen LogP contribution in [0.5, 0.6) is 0 Å². The summed E-state index contributed by atoms with van der Waals surface area (Å²) in [5.74, 6) is 0.907. The Morgan fingerprint density at radius 3 is 2.50 bits per heavy atom. The van der Waals surface area contributed by atoms with Gasteiger partial charge in [0.2, 0.25) is 0 Å². The number of hydrogen-bond acceptors (Lipinski definition) is 4. The van der Waals surface area contributed by atoms with Gasteiger partial charge in [0, 0.05) is 23.7 Å². The maximum Gasteiger partial charge on any atom is 0.418 e. The van der Waals surface area contributed by atoms with E-state index >= 15 is 0 Å². The molecule has 152 valence electrons. The lowest BCUT2D eigenvalue weighted by atomic mass is 10.0. The van der Waals surface area contributed by atoms with Crippen molar-refractivity contribution < 1.29 is 13.2 Å². The number of halogens is 3. The zero-order valence-corrected chi connectivity index (χ0v) is 16.2. The van der Waals surface area contributed by atoms with Crippen molar-refractivity contribution in [3.8, 4) is 11.3 Å². The molecule has 0 aliphatic carbocycles. The molecule has 0 aliphatic rings. The molecule has 0 aliphatic heterocycles. The highest BCUT2D eigenvalue weighted by molar-refractivity contribution is 5.91. The fraction of sp³-hybridized carbons (Fsp3) is 0.174. The van der Waals surface area contributed by atoms with Crippen molar-refractivity contribution in [2.24, 2.45) is 0 Å². The summed E-state index contributed by atoms with van der Waals surface area (Å²) in [6.45, 7) is 2.78. The molecule has 7 heteroatoms. The van der Waals surface area contributed by atoms with E-state index in [4.69, 9.17) is 0 Å². The second kappa shape index (κ2) is 8.10. The number of aromatic nitrogens is 3. The van der Waals surface area contributed by atoms with Crippen molar-refractivity contribution >= 4 is 16.7 Å². The molecule has 0 spiro atoms. The van der Waals surface area contributed by atoms with Gasteiger partial charge in [-0.15, -0.1) is 0 Å². The van der Waals surface area contributed by atoms with Crippen molar-refractivity contribution in [3.05, 3.63) is 84.3 Å². The number of fused-ring (bicyclic) bond motifs is 1. The Hall–Kier alpha value is -3.48. The van der Waals surface area contributed by atoms with Crippen LogP contribution in [0.15, 0.2) is 73.2 Å². The molecule has 0 saturated heterocycles. The minimum Gasteiger partial charge on any atom is -0.369 e. The van der Waals surface area contributed by atoms with Gasteiger partial charge in [-0.1, -0.05) is 43.3 Å². The van der Waals surface area contributed by atoms with E-state index in [0.29, 0.717) is 23.4 Å². The van der Waals surface area contributed by atoms with Crippen LogP contribution in [-0.4, -0.2) is 21.5 Å². The predicted octanol–water partition coefficient (Wildman–Crippen LogP) is 5.93. The third-order valence-corrected chi connectivity index (χ3v) is 4.97. The van der Waals surface area contributed by atoms with E-state index in [-0.39, 0.29) is 11.6 Å². The third-order valence-electron chi connectivity index (χ3n) is 4.97. The standard InChI is InChI=1S/C23H19F3N4/c1-15(16-6-3-2-4-7-16)13-28-22-18-10-9-17(12-20(18)29-14-30-22)21-19(23(24,25)26)8-5-11-27-21/h2-12,14-15H,13H2,1H3,(H,28,29,30)/t15-/m0/s1. The van der Waals surface area contributed by atoms with Gasteiger partial charge in [0.1, 0.15) is 12.1 Å². The maximum atomic E-state index is 13.4. The Morgan fingerprint density at radius 2 is 1.73 bits per heavy atom. The number of pyridine rings is 1. The molecular weight excluding hydrogens is 389 g/mol. The van der Waals surface area contributed by atoms with Gasteiger partial charge in [0.25, 0.3) is 0 Å². The molecule has 0 fully saturated rings. The van der Waals surface area contributed by atoms with Crippen LogP contribution in [0.2, 0.25) is 0 Å². The number of nitrogens with one attached hydrogen (secondary N) is 1. The Labute approximate surface area is 171 Å². The van der Waals surface area contributed by atoms with Gasteiger partial charge >= 0.3 is 6.18 Å². The van der Waals surface area contributed by atoms with Gasteiger partial charge in [0.15, 0.2) is 0 Å². The van der Waals surface area contributed by atoms with Crippen molar-refractivity contribution in [3.63, 3.8) is 0 Å². The number of hydrogen-bond donors (Lipinski definition) is 1. The molecule has 0 radical (unpaired) electrons. The first-order valence-electron chi connectivity index (χ1n) is 9.49. The minimum absolute atomic E-state index is 0.113. The van der Waals surface area contributed by atoms with Crippen molar-refractivity contribution in [1.82, 2.24) is 15.0 Å². The molecular formula is C23H19F3N4. The van der Waals surface area contributed by atoms with E-state index in [2.05, 4.69) is 39.3 Å². The Kier molecular flexibility index (Phi) is 5.35. The van der Waals surface area contributed by atoms with E-state index in [9.17, 15) is 13.2 Å². The van der Waals surface area contributed by atoms with Crippen LogP contribution in [0.1, 0.15) is 24.0 Å². The summed E-state index contributed by atoms with van der Waals surface area (Å²) in [5, 5.41) is 4.08. The van der Waals surface area contributed by atoms with Crippen LogP contribution in [0.25, 0.3) is 22.2 Å². The topological polar surface area (TPSA) is 50.7 Å². The van der Waals surface area contributed by atoms with E-state index in [1.165, 1.54) is 24.2 Å². The summed E-state index contributed by atoms with van der Waals surface area (Å²) < 4.78 is 40.1. The zero-order chi connectivity index (χ0) is 21.1. The Bertz CT molecular complexity index is 1160. The lowest BCUT2D eigenvalue weighted by molar-refractivity contribution is -0.137. The molecule has 30 heavy (non-hydrogen) atoms. The zero-order valence-electron chi connectivity index (χ0n) is 16.2. The summed E-state index contributed by atoms with van der Waals surface area (Å²) >= 11 is 0. The van der Waals surface area contributed by atoms with E-state index < -0.39 is 11.7 Å². The first kappa shape index (κ1) is 19.8. The van der Waals surface area contributed by atoms with Gasteiger partial charge in [-0.25, -0.2) is 9.97 Å². The summed E-state index contributed by atoms with van der Waals surface area (Å²) in [6.07, 6.45) is -1.72. The van der Waals surface area contributed by atoms with E-state index in [1.54, 1.807) is 18.2 Å². The average Bonchev–Trinajstić information content (AvgIpc) is 2.77. The fourth-order valence-electron chi connectivity index (χ4n) is 3.36. The molecule has 1 N–H and O–H groups in total. The van der Waals surface area contributed by atoms with Crippen molar-refractivity contribution in [1.29, 1.82) is 0 Å². The second-order valence-electron chi connectivity index (χ2n) is 7.04.